The number of nitrogens with one attached hydrogen (secondary N) is 3. The predicted molar refractivity (Wildman–Crippen MR) is 97.5 cm³/mol. The second kappa shape index (κ2) is 8.02. The Labute approximate surface area is 151 Å². The lowest BCUT2D eigenvalue weighted by Crippen LogP contribution is -2.52. The Morgan fingerprint density at radius 1 is 1.28 bits per heavy atom. The lowest BCUT2D eigenvalue weighted by Gasteiger charge is -2.22. The highest BCUT2D eigenvalue weighted by Crippen LogP contribution is 2.32. The van der Waals surface area contributed by atoms with E-state index in [1.54, 1.807) is 13.0 Å². The zero-order valence-corrected chi connectivity index (χ0v) is 15.5. The average Bonchev–Trinajstić information content (AvgIpc) is 2.98. The number of hydrogen-bond donors (Lipinski definition) is 3. The van der Waals surface area contributed by atoms with E-state index in [4.69, 9.17) is 26.5 Å². The fourth-order valence-electron chi connectivity index (χ4n) is 1.90. The maximum absolute atomic E-state index is 11.7. The minimum Gasteiger partial charge on any atom is -0.454 e. The Hall–Kier alpha value is -2.55. The Balaban J connectivity index is 1.76. The average molecular weight is 366 g/mol. The van der Waals surface area contributed by atoms with Gasteiger partial charge in [-0.1, -0.05) is 5.16 Å². The molecular formula is C16H22N4O4S. The van der Waals surface area contributed by atoms with Crippen LogP contribution in [0.5, 0.6) is 11.5 Å². The summed E-state index contributed by atoms with van der Waals surface area (Å²) in [7, 11) is 0. The Morgan fingerprint density at radius 3 is 2.72 bits per heavy atom. The van der Waals surface area contributed by atoms with E-state index >= 15 is 0 Å². The van der Waals surface area contributed by atoms with E-state index in [-0.39, 0.29) is 18.9 Å². The summed E-state index contributed by atoms with van der Waals surface area (Å²) in [5.74, 6) is 0.955. The molecule has 1 aliphatic heterocycles. The fraction of sp³-hybridized carbons (Fsp3) is 0.438. The summed E-state index contributed by atoms with van der Waals surface area (Å²) >= 11 is 5.05. The van der Waals surface area contributed by atoms with Crippen LogP contribution >= 0.6 is 12.2 Å². The summed E-state index contributed by atoms with van der Waals surface area (Å²) in [5, 5.41) is 7.26. The van der Waals surface area contributed by atoms with Crippen molar-refractivity contribution in [3.8, 4) is 11.5 Å². The van der Waals surface area contributed by atoms with Crippen molar-refractivity contribution in [1.29, 1.82) is 0 Å². The van der Waals surface area contributed by atoms with Gasteiger partial charge in [0, 0.05) is 11.1 Å². The van der Waals surface area contributed by atoms with Crippen molar-refractivity contribution in [3.63, 3.8) is 0 Å². The van der Waals surface area contributed by atoms with Gasteiger partial charge in [-0.3, -0.25) is 15.6 Å². The molecule has 0 spiro atoms. The van der Waals surface area contributed by atoms with E-state index in [2.05, 4.69) is 21.3 Å². The molecule has 0 unspecified atom stereocenters. The van der Waals surface area contributed by atoms with Crippen molar-refractivity contribution in [2.24, 2.45) is 5.16 Å². The van der Waals surface area contributed by atoms with Crippen molar-refractivity contribution in [2.45, 2.75) is 33.2 Å². The first-order valence-corrected chi connectivity index (χ1v) is 8.09. The van der Waals surface area contributed by atoms with Crippen LogP contribution < -0.4 is 25.6 Å². The van der Waals surface area contributed by atoms with Gasteiger partial charge >= 0.3 is 0 Å². The second-order valence-corrected chi connectivity index (χ2v) is 6.80. The van der Waals surface area contributed by atoms with E-state index < -0.39 is 5.91 Å². The third kappa shape index (κ3) is 6.11. The number of hydrogen-bond acceptors (Lipinski definition) is 6. The molecule has 0 bridgehead atoms. The monoisotopic (exact) mass is 366 g/mol. The topological polar surface area (TPSA) is 93.2 Å². The van der Waals surface area contributed by atoms with Crippen molar-refractivity contribution >= 4 is 28.9 Å². The van der Waals surface area contributed by atoms with Gasteiger partial charge in [0.25, 0.3) is 5.91 Å². The van der Waals surface area contributed by atoms with Crippen LogP contribution in [0.25, 0.3) is 0 Å². The summed E-state index contributed by atoms with van der Waals surface area (Å²) in [5.41, 5.74) is 6.26. The van der Waals surface area contributed by atoms with Crippen molar-refractivity contribution in [3.05, 3.63) is 23.8 Å². The number of hydrazine groups is 1. The molecule has 1 aromatic carbocycles. The molecule has 136 valence electrons. The van der Waals surface area contributed by atoms with Crippen LogP contribution in [0.15, 0.2) is 23.4 Å². The maximum Gasteiger partial charge on any atom is 0.279 e. The summed E-state index contributed by atoms with van der Waals surface area (Å²) in [6.07, 6.45) is 0. The third-order valence-electron chi connectivity index (χ3n) is 2.99. The van der Waals surface area contributed by atoms with Crippen molar-refractivity contribution in [1.82, 2.24) is 16.2 Å². The minimum absolute atomic E-state index is 0.197. The molecule has 2 rings (SSSR count). The summed E-state index contributed by atoms with van der Waals surface area (Å²) in [6.45, 7) is 7.62. The number of ether oxygens (including phenoxy) is 2. The summed E-state index contributed by atoms with van der Waals surface area (Å²) < 4.78 is 10.6. The van der Waals surface area contributed by atoms with Crippen LogP contribution in [0.4, 0.5) is 0 Å². The van der Waals surface area contributed by atoms with E-state index in [1.165, 1.54) is 0 Å². The number of thiocarbonyl (C=S) groups is 1. The summed E-state index contributed by atoms with van der Waals surface area (Å²) in [6, 6.07) is 5.45. The molecular weight excluding hydrogens is 344 g/mol. The van der Waals surface area contributed by atoms with E-state index in [9.17, 15) is 4.79 Å². The Kier molecular flexibility index (Phi) is 6.02. The molecule has 3 N–H and O–H groups in total. The summed E-state index contributed by atoms with van der Waals surface area (Å²) in [4.78, 5) is 16.8. The highest BCUT2D eigenvalue weighted by atomic mass is 32.1. The van der Waals surface area contributed by atoms with Gasteiger partial charge in [-0.25, -0.2) is 0 Å². The maximum atomic E-state index is 11.7. The molecule has 1 amide bonds. The molecule has 9 heteroatoms. The fourth-order valence-corrected chi connectivity index (χ4v) is 2.25. The van der Waals surface area contributed by atoms with Gasteiger partial charge < -0.3 is 19.6 Å². The van der Waals surface area contributed by atoms with Crippen LogP contribution in [0.3, 0.4) is 0 Å². The van der Waals surface area contributed by atoms with Crippen LogP contribution in [-0.4, -0.2) is 35.7 Å². The molecule has 0 fully saturated rings. The Morgan fingerprint density at radius 2 is 2.00 bits per heavy atom. The van der Waals surface area contributed by atoms with Gasteiger partial charge in [0.05, 0.1) is 5.71 Å². The first-order valence-electron chi connectivity index (χ1n) is 7.68. The number of oxime groups is 1. The third-order valence-corrected chi connectivity index (χ3v) is 3.20. The molecule has 0 saturated heterocycles. The number of rotatable bonds is 4. The molecule has 1 heterocycles. The number of amides is 1. The predicted octanol–water partition coefficient (Wildman–Crippen LogP) is 1.45. The van der Waals surface area contributed by atoms with Crippen molar-refractivity contribution < 1.29 is 19.1 Å². The standard InChI is InChI=1S/C16H22N4O4S/c1-10(11-5-6-12-13(7-11)23-9-22-12)20-24-8-14(21)18-19-15(25)17-16(2,3)4/h5-7H,8-9H2,1-4H3,(H,18,21)(H2,17,19,25)/b20-10-. The van der Waals surface area contributed by atoms with Crippen LogP contribution in [-0.2, 0) is 9.63 Å². The highest BCUT2D eigenvalue weighted by molar-refractivity contribution is 7.80. The minimum atomic E-state index is -0.403. The largest absolute Gasteiger partial charge is 0.454 e. The SMILES string of the molecule is C/C(=N/OCC(=O)NNC(=S)NC(C)(C)C)c1ccc2c(c1)OCO2. The molecule has 0 saturated carbocycles. The molecule has 0 aliphatic carbocycles. The normalized spacial score (nSPS) is 13.2. The molecule has 8 nitrogen and oxygen atoms in total. The molecule has 0 atom stereocenters. The number of nitrogens with zero attached hydrogens (tertiary/aromatic N) is 1. The first kappa shape index (κ1) is 18.8. The van der Waals surface area contributed by atoms with Gasteiger partial charge in [0.15, 0.2) is 23.2 Å². The molecule has 0 aromatic heterocycles. The van der Waals surface area contributed by atoms with Gasteiger partial charge in [-0.05, 0) is 58.1 Å². The zero-order valence-electron chi connectivity index (χ0n) is 14.6. The van der Waals surface area contributed by atoms with E-state index in [1.807, 2.05) is 32.9 Å². The smallest absolute Gasteiger partial charge is 0.279 e. The van der Waals surface area contributed by atoms with Crippen LogP contribution in [0.2, 0.25) is 0 Å². The molecule has 0 radical (unpaired) electrons. The quantitative estimate of drug-likeness (QED) is 0.422. The lowest BCUT2D eigenvalue weighted by atomic mass is 10.1. The Bertz CT molecular complexity index is 685. The number of benzene rings is 1. The van der Waals surface area contributed by atoms with E-state index in [0.717, 1.165) is 5.56 Å². The van der Waals surface area contributed by atoms with Crippen LogP contribution in [0.1, 0.15) is 33.3 Å². The number of fused-ring (bicyclic) bond motifs is 1. The number of carbonyl (C=O) groups excluding carboxylic acids is 1. The zero-order chi connectivity index (χ0) is 18.4. The van der Waals surface area contributed by atoms with Crippen LogP contribution in [0, 0.1) is 0 Å². The van der Waals surface area contributed by atoms with Gasteiger partial charge in [0.2, 0.25) is 6.79 Å². The first-order chi connectivity index (χ1) is 11.7. The number of carbonyl (C=O) groups is 1. The second-order valence-electron chi connectivity index (χ2n) is 6.40. The van der Waals surface area contributed by atoms with Gasteiger partial charge in [-0.2, -0.15) is 0 Å². The van der Waals surface area contributed by atoms with Gasteiger partial charge in [0.1, 0.15) is 0 Å². The van der Waals surface area contributed by atoms with Gasteiger partial charge in [-0.15, -0.1) is 0 Å². The van der Waals surface area contributed by atoms with Crippen molar-refractivity contribution in [2.75, 3.05) is 13.4 Å². The lowest BCUT2D eigenvalue weighted by molar-refractivity contribution is -0.126. The molecule has 25 heavy (non-hydrogen) atoms. The molecule has 1 aliphatic rings. The molecule has 1 aromatic rings. The van der Waals surface area contributed by atoms with E-state index in [0.29, 0.717) is 22.3 Å². The highest BCUT2D eigenvalue weighted by Gasteiger charge is 2.14.